The molecule has 0 radical (unpaired) electrons. The second kappa shape index (κ2) is 6.02. The van der Waals surface area contributed by atoms with Crippen LogP contribution in [0.25, 0.3) is 0 Å². The molecule has 1 aromatic heterocycles. The lowest BCUT2D eigenvalue weighted by atomic mass is 10.2. The number of halogens is 1. The van der Waals surface area contributed by atoms with Gasteiger partial charge in [-0.3, -0.25) is 15.0 Å². The lowest BCUT2D eigenvalue weighted by Gasteiger charge is -2.15. The zero-order valence-corrected chi connectivity index (χ0v) is 11.9. The predicted octanol–water partition coefficient (Wildman–Crippen LogP) is 3.18. The molecule has 6 nitrogen and oxygen atoms in total. The lowest BCUT2D eigenvalue weighted by Crippen LogP contribution is -2.17. The number of rotatable bonds is 5. The highest BCUT2D eigenvalue weighted by molar-refractivity contribution is 6.31. The summed E-state index contributed by atoms with van der Waals surface area (Å²) in [7, 11) is 1.88. The Hall–Kier alpha value is -1.92. The molecule has 2 aromatic rings. The van der Waals surface area contributed by atoms with Gasteiger partial charge in [0.1, 0.15) is 0 Å². The van der Waals surface area contributed by atoms with Crippen LogP contribution >= 0.6 is 11.6 Å². The van der Waals surface area contributed by atoms with Gasteiger partial charge in [-0.15, -0.1) is 0 Å². The maximum absolute atomic E-state index is 10.8. The van der Waals surface area contributed by atoms with Gasteiger partial charge in [0, 0.05) is 29.8 Å². The van der Waals surface area contributed by atoms with E-state index in [1.165, 1.54) is 12.1 Å². The fourth-order valence-corrected chi connectivity index (χ4v) is 2.08. The number of hydrogen-bond acceptors (Lipinski definition) is 5. The zero-order valence-electron chi connectivity index (χ0n) is 11.2. The predicted molar refractivity (Wildman–Crippen MR) is 74.5 cm³/mol. The molecule has 0 bridgehead atoms. The normalized spacial score (nSPS) is 11.0. The molecule has 0 spiro atoms. The van der Waals surface area contributed by atoms with Gasteiger partial charge in [-0.2, -0.15) is 0 Å². The highest BCUT2D eigenvalue weighted by Crippen LogP contribution is 2.23. The van der Waals surface area contributed by atoms with Crippen LogP contribution in [0.4, 0.5) is 5.69 Å². The van der Waals surface area contributed by atoms with E-state index >= 15 is 0 Å². The Morgan fingerprint density at radius 1 is 1.40 bits per heavy atom. The summed E-state index contributed by atoms with van der Waals surface area (Å²) in [6.45, 7) is 2.89. The summed E-state index contributed by atoms with van der Waals surface area (Å²) in [5.41, 5.74) is 1.56. The van der Waals surface area contributed by atoms with Crippen molar-refractivity contribution in [3.8, 4) is 0 Å². The minimum Gasteiger partial charge on any atom is -0.360 e. The molecule has 0 aliphatic heterocycles. The van der Waals surface area contributed by atoms with Crippen molar-refractivity contribution in [2.45, 2.75) is 20.0 Å². The van der Waals surface area contributed by atoms with Crippen molar-refractivity contribution in [3.05, 3.63) is 56.4 Å². The number of benzene rings is 1. The molecule has 0 amide bonds. The smallest absolute Gasteiger partial charge is 0.269 e. The van der Waals surface area contributed by atoms with E-state index in [2.05, 4.69) is 5.16 Å². The van der Waals surface area contributed by atoms with Gasteiger partial charge in [-0.1, -0.05) is 16.8 Å². The molecule has 1 heterocycles. The van der Waals surface area contributed by atoms with Gasteiger partial charge in [0.2, 0.25) is 0 Å². The Kier molecular flexibility index (Phi) is 4.36. The van der Waals surface area contributed by atoms with Crippen molar-refractivity contribution in [1.29, 1.82) is 0 Å². The molecule has 20 heavy (non-hydrogen) atoms. The fraction of sp³-hybridized carbons (Fsp3) is 0.308. The van der Waals surface area contributed by atoms with E-state index in [-0.39, 0.29) is 5.69 Å². The van der Waals surface area contributed by atoms with Gasteiger partial charge < -0.3 is 4.52 Å². The second-order valence-electron chi connectivity index (χ2n) is 4.64. The van der Waals surface area contributed by atoms with Crippen molar-refractivity contribution in [2.75, 3.05) is 7.05 Å². The highest BCUT2D eigenvalue weighted by atomic mass is 35.5. The highest BCUT2D eigenvalue weighted by Gasteiger charge is 2.12. The minimum absolute atomic E-state index is 0.0355. The molecule has 2 rings (SSSR count). The van der Waals surface area contributed by atoms with Crippen LogP contribution in [0.3, 0.4) is 0 Å². The van der Waals surface area contributed by atoms with Crippen LogP contribution in [0.1, 0.15) is 17.0 Å². The molecule has 0 unspecified atom stereocenters. The summed E-state index contributed by atoms with van der Waals surface area (Å²) >= 11 is 6.07. The molecule has 0 N–H and O–H groups in total. The number of aryl methyl sites for hydroxylation is 1. The van der Waals surface area contributed by atoms with Crippen molar-refractivity contribution in [3.63, 3.8) is 0 Å². The maximum atomic E-state index is 10.8. The first-order valence-corrected chi connectivity index (χ1v) is 6.37. The van der Waals surface area contributed by atoms with Crippen LogP contribution < -0.4 is 0 Å². The van der Waals surface area contributed by atoms with Crippen LogP contribution in [-0.4, -0.2) is 22.0 Å². The van der Waals surface area contributed by atoms with E-state index in [0.717, 1.165) is 11.5 Å². The van der Waals surface area contributed by atoms with Gasteiger partial charge in [0.05, 0.1) is 17.2 Å². The van der Waals surface area contributed by atoms with E-state index in [4.69, 9.17) is 16.1 Å². The molecular formula is C13H14ClN3O3. The summed E-state index contributed by atoms with van der Waals surface area (Å²) < 4.78 is 5.13. The van der Waals surface area contributed by atoms with Crippen LogP contribution in [0.2, 0.25) is 5.02 Å². The summed E-state index contributed by atoms with van der Waals surface area (Å²) in [6, 6.07) is 6.28. The quantitative estimate of drug-likeness (QED) is 0.626. The first-order valence-electron chi connectivity index (χ1n) is 5.99. The molecule has 0 aliphatic rings. The van der Waals surface area contributed by atoms with Crippen molar-refractivity contribution >= 4 is 17.3 Å². The Morgan fingerprint density at radius 3 is 2.75 bits per heavy atom. The van der Waals surface area contributed by atoms with E-state index in [9.17, 15) is 10.1 Å². The van der Waals surface area contributed by atoms with Gasteiger partial charge in [0.25, 0.3) is 5.69 Å². The number of nitro groups is 1. The average Bonchev–Trinajstić information content (AvgIpc) is 2.77. The molecule has 0 saturated heterocycles. The standard InChI is InChI=1S/C13H14ClN3O3/c1-9-5-12(20-15-9)8-16(2)7-10-6-11(17(18)19)3-4-13(10)14/h3-6H,7-8H2,1-2H3. The topological polar surface area (TPSA) is 72.4 Å². The van der Waals surface area contributed by atoms with Crippen LogP contribution in [-0.2, 0) is 13.1 Å². The van der Waals surface area contributed by atoms with E-state index in [1.807, 2.05) is 24.9 Å². The van der Waals surface area contributed by atoms with Gasteiger partial charge in [-0.05, 0) is 25.6 Å². The third-order valence-corrected chi connectivity index (χ3v) is 3.15. The first-order chi connectivity index (χ1) is 9.45. The molecule has 0 fully saturated rings. The fourth-order valence-electron chi connectivity index (χ4n) is 1.90. The first kappa shape index (κ1) is 14.5. The van der Waals surface area contributed by atoms with E-state index < -0.39 is 4.92 Å². The summed E-state index contributed by atoms with van der Waals surface area (Å²) in [6.07, 6.45) is 0. The van der Waals surface area contributed by atoms with E-state index in [1.54, 1.807) is 6.07 Å². The molecule has 0 saturated carbocycles. The summed E-state index contributed by atoms with van der Waals surface area (Å²) in [5, 5.41) is 15.1. The molecule has 1 aromatic carbocycles. The van der Waals surface area contributed by atoms with Crippen LogP contribution in [0.5, 0.6) is 0 Å². The van der Waals surface area contributed by atoms with Gasteiger partial charge >= 0.3 is 0 Å². The number of nitrogens with zero attached hydrogens (tertiary/aromatic N) is 3. The number of aromatic nitrogens is 1. The van der Waals surface area contributed by atoms with Gasteiger partial charge in [-0.25, -0.2) is 0 Å². The number of hydrogen-bond donors (Lipinski definition) is 0. The van der Waals surface area contributed by atoms with Crippen molar-refractivity contribution in [2.24, 2.45) is 0 Å². The SMILES string of the molecule is Cc1cc(CN(C)Cc2cc([N+](=O)[O-])ccc2Cl)on1. The number of non-ortho nitro benzene ring substituents is 1. The number of nitro benzene ring substituents is 1. The average molecular weight is 296 g/mol. The molecular weight excluding hydrogens is 282 g/mol. The monoisotopic (exact) mass is 295 g/mol. The Bertz CT molecular complexity index is 627. The summed E-state index contributed by atoms with van der Waals surface area (Å²) in [4.78, 5) is 12.3. The third kappa shape index (κ3) is 3.55. The van der Waals surface area contributed by atoms with Crippen molar-refractivity contribution in [1.82, 2.24) is 10.1 Å². The lowest BCUT2D eigenvalue weighted by molar-refractivity contribution is -0.384. The Balaban J connectivity index is 2.08. The second-order valence-corrected chi connectivity index (χ2v) is 5.05. The van der Waals surface area contributed by atoms with Crippen LogP contribution in [0, 0.1) is 17.0 Å². The van der Waals surface area contributed by atoms with Crippen molar-refractivity contribution < 1.29 is 9.45 Å². The molecule has 0 aliphatic carbocycles. The molecule has 106 valence electrons. The van der Waals surface area contributed by atoms with E-state index in [0.29, 0.717) is 23.7 Å². The van der Waals surface area contributed by atoms with Crippen LogP contribution in [0.15, 0.2) is 28.8 Å². The molecule has 7 heteroatoms. The summed E-state index contributed by atoms with van der Waals surface area (Å²) in [5.74, 6) is 0.742. The minimum atomic E-state index is -0.431. The largest absolute Gasteiger partial charge is 0.360 e. The Labute approximate surface area is 121 Å². The zero-order chi connectivity index (χ0) is 14.7. The Morgan fingerprint density at radius 2 is 2.15 bits per heavy atom. The third-order valence-electron chi connectivity index (χ3n) is 2.78. The van der Waals surface area contributed by atoms with Gasteiger partial charge in [0.15, 0.2) is 5.76 Å². The molecule has 0 atom stereocenters. The maximum Gasteiger partial charge on any atom is 0.269 e.